The standard InChI is InChI=1S/C15H20N4O2/c1-11-9-12-13(10-17-11)15(19(20)21)6-5-14(12)16-7-4-8-18(2)3/h5-6,9-10,16H,4,7-8H2,1-3H3. The van der Waals surface area contributed by atoms with Crippen molar-refractivity contribution in [1.82, 2.24) is 9.88 Å². The summed E-state index contributed by atoms with van der Waals surface area (Å²) in [4.78, 5) is 17.0. The molecule has 1 aromatic carbocycles. The number of benzene rings is 1. The van der Waals surface area contributed by atoms with Crippen LogP contribution < -0.4 is 5.32 Å². The highest BCUT2D eigenvalue weighted by atomic mass is 16.6. The molecule has 112 valence electrons. The fraction of sp³-hybridized carbons (Fsp3) is 0.400. The molecule has 21 heavy (non-hydrogen) atoms. The topological polar surface area (TPSA) is 71.3 Å². The van der Waals surface area contributed by atoms with Crippen molar-refractivity contribution in [2.75, 3.05) is 32.5 Å². The van der Waals surface area contributed by atoms with E-state index in [1.54, 1.807) is 12.3 Å². The summed E-state index contributed by atoms with van der Waals surface area (Å²) in [6, 6.07) is 5.19. The molecule has 0 saturated heterocycles. The van der Waals surface area contributed by atoms with Gasteiger partial charge in [-0.05, 0) is 46.1 Å². The molecular weight excluding hydrogens is 268 g/mol. The molecule has 0 aliphatic heterocycles. The van der Waals surface area contributed by atoms with E-state index in [0.29, 0.717) is 5.39 Å². The van der Waals surface area contributed by atoms with E-state index < -0.39 is 0 Å². The molecule has 0 amide bonds. The summed E-state index contributed by atoms with van der Waals surface area (Å²) in [5.74, 6) is 0. The van der Waals surface area contributed by atoms with E-state index in [-0.39, 0.29) is 10.6 Å². The van der Waals surface area contributed by atoms with Crippen LogP contribution in [0.4, 0.5) is 11.4 Å². The lowest BCUT2D eigenvalue weighted by Crippen LogP contribution is -2.16. The van der Waals surface area contributed by atoms with Crippen molar-refractivity contribution in [3.8, 4) is 0 Å². The Labute approximate surface area is 123 Å². The van der Waals surface area contributed by atoms with Gasteiger partial charge in [-0.2, -0.15) is 0 Å². The van der Waals surface area contributed by atoms with E-state index in [4.69, 9.17) is 0 Å². The molecule has 0 saturated carbocycles. The Bertz CT molecular complexity index is 655. The Morgan fingerprint density at radius 3 is 2.76 bits per heavy atom. The first kappa shape index (κ1) is 15.2. The number of aromatic nitrogens is 1. The van der Waals surface area contributed by atoms with Crippen LogP contribution in [-0.4, -0.2) is 42.0 Å². The molecular formula is C15H20N4O2. The number of hydrogen-bond acceptors (Lipinski definition) is 5. The largest absolute Gasteiger partial charge is 0.384 e. The molecule has 0 fully saturated rings. The molecule has 0 radical (unpaired) electrons. The number of nitrogens with zero attached hydrogens (tertiary/aromatic N) is 3. The molecule has 0 atom stereocenters. The summed E-state index contributed by atoms with van der Waals surface area (Å²) >= 11 is 0. The number of nitrogens with one attached hydrogen (secondary N) is 1. The van der Waals surface area contributed by atoms with Crippen molar-refractivity contribution in [2.24, 2.45) is 0 Å². The SMILES string of the molecule is Cc1cc2c(NCCCN(C)C)ccc([N+](=O)[O-])c2cn1. The lowest BCUT2D eigenvalue weighted by molar-refractivity contribution is -0.383. The number of anilines is 1. The van der Waals surface area contributed by atoms with E-state index in [0.717, 1.165) is 36.3 Å². The Morgan fingerprint density at radius 2 is 2.10 bits per heavy atom. The first-order valence-electron chi connectivity index (χ1n) is 6.91. The van der Waals surface area contributed by atoms with Crippen molar-refractivity contribution in [3.63, 3.8) is 0 Å². The lowest BCUT2D eigenvalue weighted by atomic mass is 10.1. The summed E-state index contributed by atoms with van der Waals surface area (Å²) in [6.45, 7) is 3.71. The highest BCUT2D eigenvalue weighted by Gasteiger charge is 2.14. The Morgan fingerprint density at radius 1 is 1.33 bits per heavy atom. The van der Waals surface area contributed by atoms with Gasteiger partial charge in [0.15, 0.2) is 0 Å². The summed E-state index contributed by atoms with van der Waals surface area (Å²) in [6.07, 6.45) is 2.59. The zero-order valence-corrected chi connectivity index (χ0v) is 12.6. The number of non-ortho nitro benzene ring substituents is 1. The van der Waals surface area contributed by atoms with Crippen molar-refractivity contribution >= 4 is 22.1 Å². The third kappa shape index (κ3) is 3.66. The number of nitro groups is 1. The molecule has 2 aromatic rings. The fourth-order valence-corrected chi connectivity index (χ4v) is 2.26. The van der Waals surface area contributed by atoms with E-state index in [1.165, 1.54) is 6.07 Å². The first-order valence-corrected chi connectivity index (χ1v) is 6.91. The van der Waals surface area contributed by atoms with E-state index in [9.17, 15) is 10.1 Å². The van der Waals surface area contributed by atoms with Gasteiger partial charge in [-0.15, -0.1) is 0 Å². The molecule has 0 unspecified atom stereocenters. The smallest absolute Gasteiger partial charge is 0.278 e. The second-order valence-electron chi connectivity index (χ2n) is 5.34. The van der Waals surface area contributed by atoms with Crippen molar-refractivity contribution in [3.05, 3.63) is 40.2 Å². The molecule has 1 heterocycles. The van der Waals surface area contributed by atoms with Gasteiger partial charge in [0, 0.05) is 35.6 Å². The van der Waals surface area contributed by atoms with Gasteiger partial charge in [0.2, 0.25) is 0 Å². The van der Waals surface area contributed by atoms with Gasteiger partial charge in [-0.1, -0.05) is 0 Å². The second-order valence-corrected chi connectivity index (χ2v) is 5.34. The highest BCUT2D eigenvalue weighted by molar-refractivity contribution is 5.99. The van der Waals surface area contributed by atoms with Gasteiger partial charge in [0.1, 0.15) is 0 Å². The van der Waals surface area contributed by atoms with Crippen LogP contribution in [0.25, 0.3) is 10.8 Å². The number of fused-ring (bicyclic) bond motifs is 1. The van der Waals surface area contributed by atoms with Gasteiger partial charge in [-0.25, -0.2) is 0 Å². The Kier molecular flexibility index (Phi) is 4.70. The van der Waals surface area contributed by atoms with Crippen LogP contribution >= 0.6 is 0 Å². The zero-order valence-electron chi connectivity index (χ0n) is 12.6. The van der Waals surface area contributed by atoms with Crippen LogP contribution in [0.5, 0.6) is 0 Å². The maximum absolute atomic E-state index is 11.1. The fourth-order valence-electron chi connectivity index (χ4n) is 2.26. The van der Waals surface area contributed by atoms with Gasteiger partial charge in [-0.3, -0.25) is 15.1 Å². The van der Waals surface area contributed by atoms with Crippen LogP contribution in [-0.2, 0) is 0 Å². The predicted octanol–water partition coefficient (Wildman–Crippen LogP) is 2.82. The minimum Gasteiger partial charge on any atom is -0.384 e. The third-order valence-electron chi connectivity index (χ3n) is 3.31. The van der Waals surface area contributed by atoms with Crippen molar-refractivity contribution < 1.29 is 4.92 Å². The maximum Gasteiger partial charge on any atom is 0.278 e. The summed E-state index contributed by atoms with van der Waals surface area (Å²) in [5, 5.41) is 15.9. The lowest BCUT2D eigenvalue weighted by Gasteiger charge is -2.12. The van der Waals surface area contributed by atoms with Crippen LogP contribution in [0, 0.1) is 17.0 Å². The van der Waals surface area contributed by atoms with Crippen molar-refractivity contribution in [1.29, 1.82) is 0 Å². The molecule has 1 N–H and O–H groups in total. The van der Waals surface area contributed by atoms with Crippen LogP contribution in [0.1, 0.15) is 12.1 Å². The normalized spacial score (nSPS) is 11.0. The van der Waals surface area contributed by atoms with Crippen molar-refractivity contribution in [2.45, 2.75) is 13.3 Å². The average molecular weight is 288 g/mol. The van der Waals surface area contributed by atoms with E-state index in [1.807, 2.05) is 27.1 Å². The molecule has 0 spiro atoms. The number of rotatable bonds is 6. The number of pyridine rings is 1. The maximum atomic E-state index is 11.1. The van der Waals surface area contributed by atoms with Gasteiger partial charge >= 0.3 is 0 Å². The monoisotopic (exact) mass is 288 g/mol. The second kappa shape index (κ2) is 6.49. The average Bonchev–Trinajstić information content (AvgIpc) is 2.42. The third-order valence-corrected chi connectivity index (χ3v) is 3.31. The summed E-state index contributed by atoms with van der Waals surface area (Å²) in [5.41, 5.74) is 1.86. The predicted molar refractivity (Wildman–Crippen MR) is 84.8 cm³/mol. The molecule has 6 heteroatoms. The van der Waals surface area contributed by atoms with Gasteiger partial charge < -0.3 is 10.2 Å². The number of nitro benzene ring substituents is 1. The molecule has 0 bridgehead atoms. The van der Waals surface area contributed by atoms with Crippen LogP contribution in [0.3, 0.4) is 0 Å². The Balaban J connectivity index is 2.29. The summed E-state index contributed by atoms with van der Waals surface area (Å²) in [7, 11) is 4.08. The molecule has 0 aliphatic carbocycles. The first-order chi connectivity index (χ1) is 9.99. The summed E-state index contributed by atoms with van der Waals surface area (Å²) < 4.78 is 0. The molecule has 1 aromatic heterocycles. The molecule has 0 aliphatic rings. The quantitative estimate of drug-likeness (QED) is 0.503. The van der Waals surface area contributed by atoms with Crippen LogP contribution in [0.2, 0.25) is 0 Å². The van der Waals surface area contributed by atoms with Gasteiger partial charge in [0.05, 0.1) is 10.3 Å². The van der Waals surface area contributed by atoms with Crippen LogP contribution in [0.15, 0.2) is 24.4 Å². The zero-order chi connectivity index (χ0) is 15.4. The molecule has 6 nitrogen and oxygen atoms in total. The van der Waals surface area contributed by atoms with Gasteiger partial charge in [0.25, 0.3) is 5.69 Å². The number of aryl methyl sites for hydroxylation is 1. The van der Waals surface area contributed by atoms with E-state index in [2.05, 4.69) is 15.2 Å². The number of hydrogen-bond donors (Lipinski definition) is 1. The van der Waals surface area contributed by atoms with E-state index >= 15 is 0 Å². The minimum atomic E-state index is -0.366. The highest BCUT2D eigenvalue weighted by Crippen LogP contribution is 2.31. The Hall–Kier alpha value is -2.21. The minimum absolute atomic E-state index is 0.0938. The molecule has 2 rings (SSSR count).